The van der Waals surface area contributed by atoms with Gasteiger partial charge in [0.2, 0.25) is 10.0 Å². The zero-order chi connectivity index (χ0) is 28.3. The van der Waals surface area contributed by atoms with E-state index in [2.05, 4.69) is 5.32 Å². The summed E-state index contributed by atoms with van der Waals surface area (Å²) in [5.41, 5.74) is 1.72. The van der Waals surface area contributed by atoms with Crippen molar-refractivity contribution < 1.29 is 45.8 Å². The zero-order valence-electron chi connectivity index (χ0n) is 21.9. The van der Waals surface area contributed by atoms with Crippen molar-refractivity contribution in [3.63, 3.8) is 0 Å². The minimum Gasteiger partial charge on any atom is -0.455 e. The van der Waals surface area contributed by atoms with Gasteiger partial charge in [-0.25, -0.2) is 17.6 Å². The van der Waals surface area contributed by atoms with Crippen LogP contribution in [0.15, 0.2) is 40.8 Å². The molecule has 0 fully saturated rings. The molecule has 210 valence electrons. The van der Waals surface area contributed by atoms with E-state index in [0.717, 1.165) is 10.6 Å². The fourth-order valence-corrected chi connectivity index (χ4v) is 5.30. The number of rotatable bonds is 8. The van der Waals surface area contributed by atoms with Gasteiger partial charge in [0, 0.05) is 36.7 Å². The summed E-state index contributed by atoms with van der Waals surface area (Å²) in [5, 5.41) is 3.02. The number of methoxy groups -OCH3 is 1. The van der Waals surface area contributed by atoms with E-state index in [4.69, 9.17) is 23.4 Å². The van der Waals surface area contributed by atoms with Gasteiger partial charge in [0.05, 0.1) is 36.8 Å². The van der Waals surface area contributed by atoms with Crippen molar-refractivity contribution in [2.24, 2.45) is 0 Å². The number of amides is 1. The second kappa shape index (κ2) is 11.6. The predicted molar refractivity (Wildman–Crippen MR) is 140 cm³/mol. The Bertz CT molecular complexity index is 1470. The first-order valence-electron chi connectivity index (χ1n) is 12.0. The third-order valence-corrected chi connectivity index (χ3v) is 7.31. The topological polar surface area (TPSA) is 134 Å². The number of nitrogens with one attached hydrogen (secondary N) is 1. The Morgan fingerprint density at radius 3 is 2.51 bits per heavy atom. The number of benzene rings is 2. The number of anilines is 1. The molecule has 1 aromatic heterocycles. The molecule has 1 aliphatic heterocycles. The molecule has 3 aromatic rings. The lowest BCUT2D eigenvalue weighted by molar-refractivity contribution is -0.0423. The molecule has 11 nitrogen and oxygen atoms in total. The summed E-state index contributed by atoms with van der Waals surface area (Å²) in [6.07, 6.45) is -1.36. The minimum atomic E-state index is -3.82. The van der Waals surface area contributed by atoms with Gasteiger partial charge in [0.1, 0.15) is 36.5 Å². The number of carbonyl (C=O) groups excluding carboxylic acids is 2. The maximum atomic E-state index is 13.5. The molecule has 13 heteroatoms. The summed E-state index contributed by atoms with van der Waals surface area (Å²) in [6.45, 7) is 1.52. The van der Waals surface area contributed by atoms with Gasteiger partial charge in [0.25, 0.3) is 5.91 Å². The summed E-state index contributed by atoms with van der Waals surface area (Å²) in [4.78, 5) is 24.8. The molecule has 0 saturated carbocycles. The van der Waals surface area contributed by atoms with Crippen LogP contribution in [0, 0.1) is 5.82 Å². The maximum absolute atomic E-state index is 13.5. The first-order chi connectivity index (χ1) is 18.5. The molecule has 0 unspecified atom stereocenters. The van der Waals surface area contributed by atoms with E-state index in [1.54, 1.807) is 13.0 Å². The maximum Gasteiger partial charge on any atom is 0.508 e. The second-order valence-corrected chi connectivity index (χ2v) is 10.8. The van der Waals surface area contributed by atoms with Crippen molar-refractivity contribution in [3.8, 4) is 11.3 Å². The van der Waals surface area contributed by atoms with Gasteiger partial charge in [-0.15, -0.1) is 0 Å². The molecule has 1 aliphatic rings. The number of hydrogen-bond donors (Lipinski definition) is 1. The Morgan fingerprint density at radius 2 is 1.87 bits per heavy atom. The SMILES string of the molecule is CNC(=O)c1c(-c2ccc(F)cc2)oc2cc3c(cc12)[C@H](C)O[C@H](COC(=O)OCCOC)CN3S(C)(=O)=O. The normalized spacial score (nSPS) is 17.4. The van der Waals surface area contributed by atoms with Crippen LogP contribution in [-0.2, 0) is 29.0 Å². The van der Waals surface area contributed by atoms with Gasteiger partial charge < -0.3 is 28.7 Å². The Labute approximate surface area is 224 Å². The van der Waals surface area contributed by atoms with E-state index < -0.39 is 40.1 Å². The average molecular weight is 565 g/mol. The number of halogens is 1. The zero-order valence-corrected chi connectivity index (χ0v) is 22.7. The number of carbonyl (C=O) groups is 2. The quantitative estimate of drug-likeness (QED) is 0.322. The van der Waals surface area contributed by atoms with Crippen LogP contribution in [0.2, 0.25) is 0 Å². The number of nitrogens with zero attached hydrogens (tertiary/aromatic N) is 1. The Hall–Kier alpha value is -3.68. The molecule has 2 aromatic carbocycles. The van der Waals surface area contributed by atoms with E-state index in [1.807, 2.05) is 0 Å². The lowest BCUT2D eigenvalue weighted by Gasteiger charge is -2.24. The van der Waals surface area contributed by atoms with Crippen LogP contribution in [0.3, 0.4) is 0 Å². The van der Waals surface area contributed by atoms with Crippen LogP contribution >= 0.6 is 0 Å². The van der Waals surface area contributed by atoms with Gasteiger partial charge in [-0.2, -0.15) is 0 Å². The van der Waals surface area contributed by atoms with Crippen molar-refractivity contribution in [2.75, 3.05) is 51.1 Å². The molecule has 39 heavy (non-hydrogen) atoms. The molecular formula is C26H29FN2O9S. The van der Waals surface area contributed by atoms with Crippen molar-refractivity contribution in [2.45, 2.75) is 19.1 Å². The van der Waals surface area contributed by atoms with Crippen LogP contribution in [0.1, 0.15) is 28.9 Å². The Kier molecular flexibility index (Phi) is 8.42. The standard InChI is InChI=1S/C26H29FN2O9S/c1-15-19-11-20-22(38-24(23(20)25(30)28-2)16-5-7-17(27)8-6-16)12-21(19)29(39(4,32)33)13-18(37-15)14-36-26(31)35-10-9-34-3/h5-8,11-12,15,18H,9-10,13-14H2,1-4H3,(H,28,30)/t15-,18-/m0/s1. The lowest BCUT2D eigenvalue weighted by atomic mass is 10.0. The van der Waals surface area contributed by atoms with Crippen LogP contribution in [0.25, 0.3) is 22.3 Å². The monoisotopic (exact) mass is 564 g/mol. The number of ether oxygens (including phenoxy) is 4. The Morgan fingerprint density at radius 1 is 1.15 bits per heavy atom. The minimum absolute atomic E-state index is 0.00478. The third kappa shape index (κ3) is 6.15. The van der Waals surface area contributed by atoms with E-state index in [1.165, 1.54) is 44.5 Å². The highest BCUT2D eigenvalue weighted by molar-refractivity contribution is 7.92. The smallest absolute Gasteiger partial charge is 0.455 e. The van der Waals surface area contributed by atoms with Crippen LogP contribution in [0.4, 0.5) is 14.9 Å². The highest BCUT2D eigenvalue weighted by atomic mass is 32.2. The summed E-state index contributed by atoms with van der Waals surface area (Å²) in [6, 6.07) is 8.67. The van der Waals surface area contributed by atoms with E-state index in [-0.39, 0.29) is 43.3 Å². The largest absolute Gasteiger partial charge is 0.508 e. The molecule has 0 aliphatic carbocycles. The fraction of sp³-hybridized carbons (Fsp3) is 0.385. The van der Waals surface area contributed by atoms with Crippen LogP contribution < -0.4 is 9.62 Å². The Balaban J connectivity index is 1.76. The third-order valence-electron chi connectivity index (χ3n) is 6.17. The molecule has 1 N–H and O–H groups in total. The highest BCUT2D eigenvalue weighted by Gasteiger charge is 2.34. The second-order valence-electron chi connectivity index (χ2n) is 8.90. The van der Waals surface area contributed by atoms with Crippen molar-refractivity contribution >= 4 is 38.7 Å². The molecule has 2 heterocycles. The lowest BCUT2D eigenvalue weighted by Crippen LogP contribution is -2.39. The number of furan rings is 1. The average Bonchev–Trinajstić information content (AvgIpc) is 3.20. The molecule has 0 saturated heterocycles. The first kappa shape index (κ1) is 28.3. The van der Waals surface area contributed by atoms with E-state index >= 15 is 0 Å². The molecule has 2 atom stereocenters. The molecule has 0 bridgehead atoms. The molecule has 0 spiro atoms. The van der Waals surface area contributed by atoms with Gasteiger partial charge >= 0.3 is 6.16 Å². The van der Waals surface area contributed by atoms with Crippen molar-refractivity contribution in [1.29, 1.82) is 0 Å². The van der Waals surface area contributed by atoms with Crippen molar-refractivity contribution in [3.05, 3.63) is 53.3 Å². The first-order valence-corrected chi connectivity index (χ1v) is 13.9. The summed E-state index contributed by atoms with van der Waals surface area (Å²) >= 11 is 0. The fourth-order valence-electron chi connectivity index (χ4n) is 4.35. The number of hydrogen-bond acceptors (Lipinski definition) is 9. The highest BCUT2D eigenvalue weighted by Crippen LogP contribution is 2.42. The van der Waals surface area contributed by atoms with Gasteiger partial charge in [0.15, 0.2) is 0 Å². The van der Waals surface area contributed by atoms with Gasteiger partial charge in [-0.05, 0) is 37.3 Å². The van der Waals surface area contributed by atoms with E-state index in [0.29, 0.717) is 22.2 Å². The molecule has 0 radical (unpaired) electrons. The number of sulfonamides is 1. The number of fused-ring (bicyclic) bond motifs is 2. The van der Waals surface area contributed by atoms with Crippen molar-refractivity contribution in [1.82, 2.24) is 5.32 Å². The summed E-state index contributed by atoms with van der Waals surface area (Å²) in [5.74, 6) is -0.671. The summed E-state index contributed by atoms with van der Waals surface area (Å²) in [7, 11) is -0.886. The van der Waals surface area contributed by atoms with Gasteiger partial charge in [-0.1, -0.05) is 0 Å². The molecular weight excluding hydrogens is 535 g/mol. The molecule has 4 rings (SSSR count). The van der Waals surface area contributed by atoms with Gasteiger partial charge in [-0.3, -0.25) is 9.10 Å². The predicted octanol–water partition coefficient (Wildman–Crippen LogP) is 3.62. The van der Waals surface area contributed by atoms with Crippen LogP contribution in [0.5, 0.6) is 0 Å². The van der Waals surface area contributed by atoms with E-state index in [9.17, 15) is 22.4 Å². The summed E-state index contributed by atoms with van der Waals surface area (Å²) < 4.78 is 67.4. The van der Waals surface area contributed by atoms with Crippen LogP contribution in [-0.4, -0.2) is 73.4 Å². The molecule has 1 amide bonds.